The number of carbonyl (C=O) groups is 3. The highest BCUT2D eigenvalue weighted by atomic mass is 16.5. The minimum atomic E-state index is -0.593. The normalized spacial score (nSPS) is 18.9. The number of allylic oxidation sites excluding steroid dienone is 1. The fourth-order valence-electron chi connectivity index (χ4n) is 4.50. The molecule has 1 fully saturated rings. The van der Waals surface area contributed by atoms with E-state index in [1.54, 1.807) is 6.26 Å². The zero-order valence-electron chi connectivity index (χ0n) is 18.2. The second kappa shape index (κ2) is 8.54. The summed E-state index contributed by atoms with van der Waals surface area (Å²) in [5.74, 6) is -0.136. The van der Waals surface area contributed by atoms with Crippen LogP contribution in [0.1, 0.15) is 40.7 Å². The molecule has 3 amide bonds. The molecule has 1 N–H and O–H groups in total. The third-order valence-corrected chi connectivity index (χ3v) is 5.97. The summed E-state index contributed by atoms with van der Waals surface area (Å²) < 4.78 is 10.9. The van der Waals surface area contributed by atoms with Gasteiger partial charge in [0.15, 0.2) is 6.61 Å². The van der Waals surface area contributed by atoms with Crippen molar-refractivity contribution in [2.24, 2.45) is 5.92 Å². The van der Waals surface area contributed by atoms with E-state index in [1.807, 2.05) is 42.5 Å². The van der Waals surface area contributed by atoms with Crippen molar-refractivity contribution < 1.29 is 23.5 Å². The molecule has 3 heterocycles. The molecule has 1 saturated heterocycles. The lowest BCUT2D eigenvalue weighted by Gasteiger charge is -2.26. The number of nitrogens with zero attached hydrogens (tertiary/aromatic N) is 2. The number of esters is 1. The van der Waals surface area contributed by atoms with Crippen LogP contribution < -0.4 is 5.32 Å². The van der Waals surface area contributed by atoms with Gasteiger partial charge >= 0.3 is 12.0 Å². The maximum atomic E-state index is 13.3. The highest BCUT2D eigenvalue weighted by Gasteiger charge is 2.31. The Labute approximate surface area is 190 Å². The third kappa shape index (κ3) is 4.00. The van der Waals surface area contributed by atoms with E-state index in [-0.39, 0.29) is 12.5 Å². The van der Waals surface area contributed by atoms with Gasteiger partial charge in [0.2, 0.25) is 0 Å². The molecule has 1 unspecified atom stereocenters. The number of hydrogen-bond donors (Lipinski definition) is 1. The second-order valence-corrected chi connectivity index (χ2v) is 8.38. The molecule has 0 saturated carbocycles. The van der Waals surface area contributed by atoms with Crippen molar-refractivity contribution in [3.05, 3.63) is 65.2 Å². The molecule has 5 rings (SSSR count). The lowest BCUT2D eigenvalue weighted by atomic mass is 9.81. The van der Waals surface area contributed by atoms with Gasteiger partial charge in [-0.2, -0.15) is 0 Å². The molecule has 33 heavy (non-hydrogen) atoms. The molecule has 8 nitrogen and oxygen atoms in total. The molecule has 1 aliphatic heterocycles. The van der Waals surface area contributed by atoms with Crippen LogP contribution in [0.5, 0.6) is 0 Å². The number of para-hydroxylation sites is 1. The summed E-state index contributed by atoms with van der Waals surface area (Å²) in [4.78, 5) is 43.3. The van der Waals surface area contributed by atoms with Crippen LogP contribution in [0, 0.1) is 5.92 Å². The molecule has 3 aromatic rings. The molecule has 1 aliphatic carbocycles. The molecular weight excluding hydrogens is 422 g/mol. The number of amides is 3. The van der Waals surface area contributed by atoms with Gasteiger partial charge in [0.25, 0.3) is 5.91 Å². The third-order valence-electron chi connectivity index (χ3n) is 5.97. The van der Waals surface area contributed by atoms with Crippen LogP contribution in [0.15, 0.2) is 47.1 Å². The zero-order valence-corrected chi connectivity index (χ0v) is 18.2. The van der Waals surface area contributed by atoms with Gasteiger partial charge in [-0.1, -0.05) is 25.1 Å². The summed E-state index contributed by atoms with van der Waals surface area (Å²) in [5.41, 5.74) is 3.64. The highest BCUT2D eigenvalue weighted by Crippen LogP contribution is 2.38. The van der Waals surface area contributed by atoms with Crippen molar-refractivity contribution in [1.29, 1.82) is 0 Å². The lowest BCUT2D eigenvalue weighted by molar-refractivity contribution is -0.130. The summed E-state index contributed by atoms with van der Waals surface area (Å²) >= 11 is 0. The first-order valence-corrected chi connectivity index (χ1v) is 10.9. The number of pyridine rings is 1. The van der Waals surface area contributed by atoms with E-state index in [2.05, 4.69) is 12.2 Å². The summed E-state index contributed by atoms with van der Waals surface area (Å²) in [6.07, 6.45) is 5.04. The molecular formula is C25H23N3O5. The van der Waals surface area contributed by atoms with Crippen LogP contribution in [0.2, 0.25) is 0 Å². The second-order valence-electron chi connectivity index (χ2n) is 8.38. The van der Waals surface area contributed by atoms with E-state index in [0.29, 0.717) is 29.4 Å². The monoisotopic (exact) mass is 445 g/mol. The van der Waals surface area contributed by atoms with E-state index in [4.69, 9.17) is 14.1 Å². The Hall–Kier alpha value is -3.94. The van der Waals surface area contributed by atoms with E-state index in [0.717, 1.165) is 33.9 Å². The Balaban J connectivity index is 1.54. The predicted molar refractivity (Wildman–Crippen MR) is 121 cm³/mol. The van der Waals surface area contributed by atoms with Crippen molar-refractivity contribution in [3.63, 3.8) is 0 Å². The number of benzene rings is 1. The van der Waals surface area contributed by atoms with Gasteiger partial charge in [0, 0.05) is 18.5 Å². The first kappa shape index (κ1) is 20.9. The Bertz CT molecular complexity index is 1280. The van der Waals surface area contributed by atoms with Crippen molar-refractivity contribution >= 4 is 40.5 Å². The van der Waals surface area contributed by atoms with Crippen LogP contribution in [0.25, 0.3) is 22.6 Å². The summed E-state index contributed by atoms with van der Waals surface area (Å²) in [6, 6.07) is 10.6. The van der Waals surface area contributed by atoms with Gasteiger partial charge in [0.05, 0.1) is 23.0 Å². The van der Waals surface area contributed by atoms with E-state index < -0.39 is 24.5 Å². The molecule has 8 heteroatoms. The average molecular weight is 445 g/mol. The molecule has 2 aromatic heterocycles. The number of urea groups is 1. The Kier molecular flexibility index (Phi) is 5.42. The Morgan fingerprint density at radius 3 is 2.85 bits per heavy atom. The number of nitrogens with one attached hydrogen (secondary N) is 1. The van der Waals surface area contributed by atoms with Crippen molar-refractivity contribution in [1.82, 2.24) is 15.2 Å². The van der Waals surface area contributed by atoms with Crippen LogP contribution in [-0.2, 0) is 16.0 Å². The smallest absolute Gasteiger partial charge is 0.339 e. The number of aromatic nitrogens is 1. The maximum Gasteiger partial charge on any atom is 0.339 e. The quantitative estimate of drug-likeness (QED) is 0.615. The van der Waals surface area contributed by atoms with Crippen LogP contribution in [-0.4, -0.2) is 47.5 Å². The van der Waals surface area contributed by atoms with Crippen LogP contribution >= 0.6 is 0 Å². The van der Waals surface area contributed by atoms with Gasteiger partial charge in [-0.15, -0.1) is 0 Å². The average Bonchev–Trinajstić information content (AvgIpc) is 3.47. The fraction of sp³-hybridized carbons (Fsp3) is 0.280. The fourth-order valence-corrected chi connectivity index (χ4v) is 4.50. The number of ether oxygens (including phenoxy) is 1. The molecule has 2 aliphatic rings. The van der Waals surface area contributed by atoms with Gasteiger partial charge in [-0.25, -0.2) is 14.6 Å². The first-order chi connectivity index (χ1) is 16.0. The van der Waals surface area contributed by atoms with Gasteiger partial charge in [-0.05, 0) is 54.2 Å². The van der Waals surface area contributed by atoms with Crippen LogP contribution in [0.3, 0.4) is 0 Å². The van der Waals surface area contributed by atoms with E-state index in [9.17, 15) is 14.4 Å². The molecule has 0 bridgehead atoms. The number of fused-ring (bicyclic) bond motifs is 2. The zero-order chi connectivity index (χ0) is 22.9. The maximum absolute atomic E-state index is 13.3. The lowest BCUT2D eigenvalue weighted by Crippen LogP contribution is -2.37. The van der Waals surface area contributed by atoms with Crippen molar-refractivity contribution in [3.8, 4) is 0 Å². The van der Waals surface area contributed by atoms with Gasteiger partial charge in [-0.3, -0.25) is 9.69 Å². The topological polar surface area (TPSA) is 102 Å². The van der Waals surface area contributed by atoms with E-state index in [1.165, 1.54) is 0 Å². The molecule has 168 valence electrons. The number of hydrogen-bond acceptors (Lipinski definition) is 6. The van der Waals surface area contributed by atoms with E-state index >= 15 is 0 Å². The molecule has 1 aromatic carbocycles. The highest BCUT2D eigenvalue weighted by molar-refractivity contribution is 6.07. The number of carbonyl (C=O) groups excluding carboxylic acids is 3. The predicted octanol–water partition coefficient (Wildman–Crippen LogP) is 3.66. The minimum Gasteiger partial charge on any atom is -0.465 e. The SMILES string of the molecule is CC1C/C(=C/c2ccco2)c2nc3ccccc3c(C(=O)OCC(=O)N3CCNC3=O)c2C1. The van der Waals surface area contributed by atoms with Crippen molar-refractivity contribution in [2.75, 3.05) is 19.7 Å². The molecule has 1 atom stereocenters. The number of furan rings is 1. The standard InChI is InChI=1S/C25H23N3O5/c1-15-11-16(13-17-5-4-10-32-17)23-19(12-15)22(18-6-2-3-7-20(18)27-23)24(30)33-14-21(29)28-9-8-26-25(28)31/h2-7,10,13,15H,8-9,11-12,14H2,1H3,(H,26,31)/b16-13-. The largest absolute Gasteiger partial charge is 0.465 e. The Morgan fingerprint density at radius 2 is 2.09 bits per heavy atom. The Morgan fingerprint density at radius 1 is 1.24 bits per heavy atom. The first-order valence-electron chi connectivity index (χ1n) is 10.9. The minimum absolute atomic E-state index is 0.265. The van der Waals surface area contributed by atoms with Crippen LogP contribution in [0.4, 0.5) is 4.79 Å². The molecule has 0 radical (unpaired) electrons. The summed E-state index contributed by atoms with van der Waals surface area (Å²) in [5, 5.41) is 3.25. The van der Waals surface area contributed by atoms with Crippen molar-refractivity contribution in [2.45, 2.75) is 19.8 Å². The summed E-state index contributed by atoms with van der Waals surface area (Å²) in [7, 11) is 0. The van der Waals surface area contributed by atoms with Gasteiger partial charge in [0.1, 0.15) is 5.76 Å². The number of rotatable bonds is 4. The summed E-state index contributed by atoms with van der Waals surface area (Å²) in [6.45, 7) is 2.28. The molecule has 0 spiro atoms. The van der Waals surface area contributed by atoms with Gasteiger partial charge < -0.3 is 14.5 Å². The number of imide groups is 1.